The average Bonchev–Trinajstić information content (AvgIpc) is 2.54. The fraction of sp³-hybridized carbons (Fsp3) is 0.438. The van der Waals surface area contributed by atoms with E-state index in [1.807, 2.05) is 6.07 Å². The van der Waals surface area contributed by atoms with Crippen molar-refractivity contribution in [3.8, 4) is 0 Å². The van der Waals surface area contributed by atoms with E-state index in [1.54, 1.807) is 0 Å². The highest BCUT2D eigenvalue weighted by Gasteiger charge is 2.31. The molecule has 1 unspecified atom stereocenters. The standard InChI is InChI=1S/C16H20N4/c1-2-4-15-13(3-1)5-6-16(18-15)17-11-14-12-19-7-9-20(14)10-8-19/h1-6,14H,7-12H2,(H,17,18). The molecule has 3 saturated heterocycles. The van der Waals surface area contributed by atoms with Gasteiger partial charge in [-0.25, -0.2) is 4.98 Å². The van der Waals surface area contributed by atoms with Crippen LogP contribution >= 0.6 is 0 Å². The molecular formula is C16H20N4. The number of benzene rings is 1. The monoisotopic (exact) mass is 268 g/mol. The molecule has 1 atom stereocenters. The lowest BCUT2D eigenvalue weighted by Gasteiger charge is -2.47. The Bertz CT molecular complexity index is 604. The SMILES string of the molecule is c1ccc2nc(NCC3CN4CCN3CC4)ccc2c1. The van der Waals surface area contributed by atoms with Crippen LogP contribution < -0.4 is 5.32 Å². The Hall–Kier alpha value is -1.65. The van der Waals surface area contributed by atoms with Gasteiger partial charge in [0, 0.05) is 50.7 Å². The molecule has 4 nitrogen and oxygen atoms in total. The summed E-state index contributed by atoms with van der Waals surface area (Å²) in [5.74, 6) is 0.987. The van der Waals surface area contributed by atoms with Gasteiger partial charge in [-0.2, -0.15) is 0 Å². The summed E-state index contributed by atoms with van der Waals surface area (Å²) in [6.07, 6.45) is 0. The molecule has 0 amide bonds. The minimum Gasteiger partial charge on any atom is -0.368 e. The summed E-state index contributed by atoms with van der Waals surface area (Å²) in [4.78, 5) is 9.85. The van der Waals surface area contributed by atoms with Crippen LogP contribution in [0, 0.1) is 0 Å². The van der Waals surface area contributed by atoms with Crippen LogP contribution in [0.3, 0.4) is 0 Å². The molecule has 0 saturated carbocycles. The van der Waals surface area contributed by atoms with Crippen molar-refractivity contribution in [3.63, 3.8) is 0 Å². The Morgan fingerprint density at radius 3 is 2.70 bits per heavy atom. The van der Waals surface area contributed by atoms with Crippen LogP contribution in [-0.2, 0) is 0 Å². The summed E-state index contributed by atoms with van der Waals surface area (Å²) in [5.41, 5.74) is 1.06. The van der Waals surface area contributed by atoms with Crippen molar-refractivity contribution in [2.75, 3.05) is 44.6 Å². The van der Waals surface area contributed by atoms with Gasteiger partial charge in [-0.05, 0) is 18.2 Å². The number of rotatable bonds is 3. The zero-order valence-corrected chi connectivity index (χ0v) is 11.6. The van der Waals surface area contributed by atoms with Crippen molar-refractivity contribution < 1.29 is 0 Å². The molecule has 1 aromatic carbocycles. The second-order valence-corrected chi connectivity index (χ2v) is 5.76. The van der Waals surface area contributed by atoms with Crippen LogP contribution in [0.4, 0.5) is 5.82 Å². The Kier molecular flexibility index (Phi) is 3.05. The number of fused-ring (bicyclic) bond motifs is 4. The molecule has 0 radical (unpaired) electrons. The van der Waals surface area contributed by atoms with Gasteiger partial charge >= 0.3 is 0 Å². The van der Waals surface area contributed by atoms with Crippen LogP contribution in [-0.4, -0.2) is 60.1 Å². The lowest BCUT2D eigenvalue weighted by Crippen LogP contribution is -2.62. The second-order valence-electron chi connectivity index (χ2n) is 5.76. The number of hydrogen-bond donors (Lipinski definition) is 1. The van der Waals surface area contributed by atoms with Crippen molar-refractivity contribution in [1.29, 1.82) is 0 Å². The van der Waals surface area contributed by atoms with Crippen LogP contribution in [0.15, 0.2) is 36.4 Å². The zero-order chi connectivity index (χ0) is 13.4. The first-order chi connectivity index (χ1) is 9.88. The molecular weight excluding hydrogens is 248 g/mol. The van der Waals surface area contributed by atoms with Crippen LogP contribution in [0.1, 0.15) is 0 Å². The number of pyridine rings is 1. The third-order valence-electron chi connectivity index (χ3n) is 4.51. The molecule has 4 heterocycles. The third kappa shape index (κ3) is 2.25. The lowest BCUT2D eigenvalue weighted by atomic mass is 10.1. The molecule has 2 bridgehead atoms. The fourth-order valence-electron chi connectivity index (χ4n) is 3.31. The number of anilines is 1. The van der Waals surface area contributed by atoms with E-state index in [2.05, 4.69) is 50.4 Å². The smallest absolute Gasteiger partial charge is 0.126 e. The summed E-state index contributed by atoms with van der Waals surface area (Å²) in [6, 6.07) is 13.1. The topological polar surface area (TPSA) is 31.4 Å². The van der Waals surface area contributed by atoms with E-state index >= 15 is 0 Å². The normalized spacial score (nSPS) is 28.7. The highest BCUT2D eigenvalue weighted by atomic mass is 15.3. The maximum atomic E-state index is 4.68. The first-order valence-electron chi connectivity index (χ1n) is 7.44. The van der Waals surface area contributed by atoms with Gasteiger partial charge in [0.2, 0.25) is 0 Å². The maximum Gasteiger partial charge on any atom is 0.126 e. The number of hydrogen-bond acceptors (Lipinski definition) is 4. The molecule has 0 spiro atoms. The van der Waals surface area contributed by atoms with E-state index in [4.69, 9.17) is 0 Å². The number of nitrogens with one attached hydrogen (secondary N) is 1. The number of para-hydroxylation sites is 1. The van der Waals surface area contributed by atoms with Gasteiger partial charge < -0.3 is 5.32 Å². The number of aromatic nitrogens is 1. The first kappa shape index (κ1) is 12.1. The van der Waals surface area contributed by atoms with Crippen LogP contribution in [0.5, 0.6) is 0 Å². The van der Waals surface area contributed by atoms with Crippen molar-refractivity contribution >= 4 is 16.7 Å². The molecule has 104 valence electrons. The number of piperazine rings is 3. The summed E-state index contributed by atoms with van der Waals surface area (Å²) >= 11 is 0. The molecule has 3 aliphatic rings. The molecule has 2 aromatic rings. The summed E-state index contributed by atoms with van der Waals surface area (Å²) in [7, 11) is 0. The third-order valence-corrected chi connectivity index (χ3v) is 4.51. The van der Waals surface area contributed by atoms with Crippen molar-refractivity contribution in [3.05, 3.63) is 36.4 Å². The van der Waals surface area contributed by atoms with E-state index in [9.17, 15) is 0 Å². The Morgan fingerprint density at radius 1 is 1.05 bits per heavy atom. The Balaban J connectivity index is 1.45. The van der Waals surface area contributed by atoms with Gasteiger partial charge in [-0.1, -0.05) is 18.2 Å². The molecule has 1 N–H and O–H groups in total. The van der Waals surface area contributed by atoms with Crippen LogP contribution in [0.25, 0.3) is 10.9 Å². The largest absolute Gasteiger partial charge is 0.368 e. The van der Waals surface area contributed by atoms with Crippen molar-refractivity contribution in [2.24, 2.45) is 0 Å². The molecule has 5 rings (SSSR count). The van der Waals surface area contributed by atoms with Gasteiger partial charge in [0.25, 0.3) is 0 Å². The van der Waals surface area contributed by atoms with Gasteiger partial charge in [0.1, 0.15) is 5.82 Å². The fourth-order valence-corrected chi connectivity index (χ4v) is 3.31. The molecule has 3 aliphatic heterocycles. The zero-order valence-electron chi connectivity index (χ0n) is 11.6. The summed E-state index contributed by atoms with van der Waals surface area (Å²) in [5, 5.41) is 4.71. The highest BCUT2D eigenvalue weighted by Crippen LogP contribution is 2.18. The molecule has 3 fully saturated rings. The predicted molar refractivity (Wildman–Crippen MR) is 82.0 cm³/mol. The van der Waals surface area contributed by atoms with Gasteiger partial charge in [-0.15, -0.1) is 0 Å². The summed E-state index contributed by atoms with van der Waals surface area (Å²) in [6.45, 7) is 7.10. The highest BCUT2D eigenvalue weighted by molar-refractivity contribution is 5.80. The van der Waals surface area contributed by atoms with E-state index in [-0.39, 0.29) is 0 Å². The predicted octanol–water partition coefficient (Wildman–Crippen LogP) is 1.65. The van der Waals surface area contributed by atoms with Crippen molar-refractivity contribution in [2.45, 2.75) is 6.04 Å². The Labute approximate surface area is 119 Å². The van der Waals surface area contributed by atoms with E-state index in [0.29, 0.717) is 6.04 Å². The maximum absolute atomic E-state index is 4.68. The van der Waals surface area contributed by atoms with Gasteiger partial charge in [0.05, 0.1) is 5.52 Å². The van der Waals surface area contributed by atoms with E-state index in [0.717, 1.165) is 17.9 Å². The number of nitrogens with zero attached hydrogens (tertiary/aromatic N) is 3. The van der Waals surface area contributed by atoms with Gasteiger partial charge in [-0.3, -0.25) is 9.80 Å². The quantitative estimate of drug-likeness (QED) is 0.917. The molecule has 20 heavy (non-hydrogen) atoms. The Morgan fingerprint density at radius 2 is 1.90 bits per heavy atom. The molecule has 4 heteroatoms. The minimum atomic E-state index is 0.630. The second kappa shape index (κ2) is 5.04. The minimum absolute atomic E-state index is 0.630. The lowest BCUT2D eigenvalue weighted by molar-refractivity contribution is 0.0189. The van der Waals surface area contributed by atoms with Crippen molar-refractivity contribution in [1.82, 2.24) is 14.8 Å². The van der Waals surface area contributed by atoms with Crippen LogP contribution in [0.2, 0.25) is 0 Å². The van der Waals surface area contributed by atoms with E-state index in [1.165, 1.54) is 38.1 Å². The molecule has 0 aliphatic carbocycles. The average molecular weight is 268 g/mol. The molecule has 1 aromatic heterocycles. The van der Waals surface area contributed by atoms with E-state index < -0.39 is 0 Å². The van der Waals surface area contributed by atoms with Gasteiger partial charge in [0.15, 0.2) is 0 Å². The first-order valence-corrected chi connectivity index (χ1v) is 7.44. The summed E-state index contributed by atoms with van der Waals surface area (Å²) < 4.78 is 0.